The van der Waals surface area contributed by atoms with Gasteiger partial charge in [0.1, 0.15) is 5.69 Å². The topological polar surface area (TPSA) is 55.1 Å². The lowest BCUT2D eigenvalue weighted by atomic mass is 10.2. The maximum Gasteiger partial charge on any atom is 0.354 e. The van der Waals surface area contributed by atoms with Gasteiger partial charge in [0.15, 0.2) is 0 Å². The third kappa shape index (κ3) is 1.47. The lowest BCUT2D eigenvalue weighted by molar-refractivity contribution is 0.0680. The van der Waals surface area contributed by atoms with E-state index in [4.69, 9.17) is 5.11 Å². The number of aromatic carboxylic acids is 1. The van der Waals surface area contributed by atoms with Gasteiger partial charge in [-0.2, -0.15) is 5.10 Å². The molecule has 1 rings (SSSR count). The first-order valence-electron chi connectivity index (χ1n) is 3.93. The second-order valence-electron chi connectivity index (χ2n) is 2.72. The Balaban J connectivity index is 2.98. The highest BCUT2D eigenvalue weighted by Gasteiger charge is 2.13. The number of carboxylic acids is 1. The van der Waals surface area contributed by atoms with E-state index in [2.05, 4.69) is 5.10 Å². The largest absolute Gasteiger partial charge is 0.477 e. The minimum atomic E-state index is -0.923. The third-order valence-corrected chi connectivity index (χ3v) is 1.90. The Morgan fingerprint density at radius 1 is 1.83 bits per heavy atom. The average Bonchev–Trinajstić information content (AvgIpc) is 2.50. The molecule has 0 aliphatic rings. The average molecular weight is 168 g/mol. The first kappa shape index (κ1) is 8.77. The quantitative estimate of drug-likeness (QED) is 0.745. The molecular formula is C8H12N2O2. The van der Waals surface area contributed by atoms with E-state index in [0.29, 0.717) is 0 Å². The highest BCUT2D eigenvalue weighted by atomic mass is 16.4. The molecule has 0 aliphatic carbocycles. The minimum Gasteiger partial charge on any atom is -0.477 e. The maximum atomic E-state index is 10.6. The van der Waals surface area contributed by atoms with Crippen LogP contribution in [-0.2, 0) is 0 Å². The summed E-state index contributed by atoms with van der Waals surface area (Å²) in [4.78, 5) is 10.6. The molecule has 0 amide bonds. The standard InChI is InChI=1S/C8H12N2O2/c1-3-6(2)10-7(8(11)12)4-5-9-10/h4-6H,3H2,1-2H3,(H,11,12). The summed E-state index contributed by atoms with van der Waals surface area (Å²) in [5.74, 6) is -0.923. The maximum absolute atomic E-state index is 10.6. The Hall–Kier alpha value is -1.32. The van der Waals surface area contributed by atoms with Gasteiger partial charge in [0, 0.05) is 12.2 Å². The summed E-state index contributed by atoms with van der Waals surface area (Å²) in [6.45, 7) is 3.94. The van der Waals surface area contributed by atoms with Crippen LogP contribution < -0.4 is 0 Å². The van der Waals surface area contributed by atoms with Crippen LogP contribution in [0.25, 0.3) is 0 Å². The van der Waals surface area contributed by atoms with Crippen molar-refractivity contribution in [3.63, 3.8) is 0 Å². The van der Waals surface area contributed by atoms with Crippen molar-refractivity contribution in [2.45, 2.75) is 26.3 Å². The zero-order valence-corrected chi connectivity index (χ0v) is 7.19. The monoisotopic (exact) mass is 168 g/mol. The van der Waals surface area contributed by atoms with Crippen LogP contribution in [0.5, 0.6) is 0 Å². The zero-order chi connectivity index (χ0) is 9.14. The van der Waals surface area contributed by atoms with E-state index in [9.17, 15) is 4.79 Å². The van der Waals surface area contributed by atoms with Crippen LogP contribution >= 0.6 is 0 Å². The third-order valence-electron chi connectivity index (χ3n) is 1.90. The molecule has 0 aliphatic heterocycles. The van der Waals surface area contributed by atoms with E-state index in [0.717, 1.165) is 6.42 Å². The van der Waals surface area contributed by atoms with Gasteiger partial charge in [0.2, 0.25) is 0 Å². The van der Waals surface area contributed by atoms with E-state index in [1.54, 1.807) is 0 Å². The number of carbonyl (C=O) groups is 1. The summed E-state index contributed by atoms with van der Waals surface area (Å²) in [5.41, 5.74) is 0.254. The first-order valence-corrected chi connectivity index (χ1v) is 3.93. The lowest BCUT2D eigenvalue weighted by Crippen LogP contribution is -2.13. The minimum absolute atomic E-state index is 0.145. The molecule has 1 unspecified atom stereocenters. The van der Waals surface area contributed by atoms with Crippen molar-refractivity contribution < 1.29 is 9.90 Å². The SMILES string of the molecule is CCC(C)n1nccc1C(=O)O. The van der Waals surface area contributed by atoms with Gasteiger partial charge < -0.3 is 5.11 Å². The lowest BCUT2D eigenvalue weighted by Gasteiger charge is -2.10. The van der Waals surface area contributed by atoms with E-state index in [-0.39, 0.29) is 11.7 Å². The number of rotatable bonds is 3. The fourth-order valence-corrected chi connectivity index (χ4v) is 1.01. The predicted molar refractivity (Wildman–Crippen MR) is 44.2 cm³/mol. The summed E-state index contributed by atoms with van der Waals surface area (Å²) in [6.07, 6.45) is 2.39. The summed E-state index contributed by atoms with van der Waals surface area (Å²) >= 11 is 0. The summed E-state index contributed by atoms with van der Waals surface area (Å²) in [6, 6.07) is 1.65. The van der Waals surface area contributed by atoms with Crippen LogP contribution in [0.4, 0.5) is 0 Å². The number of hydrogen-bond donors (Lipinski definition) is 1. The smallest absolute Gasteiger partial charge is 0.354 e. The van der Waals surface area contributed by atoms with Gasteiger partial charge in [0.25, 0.3) is 0 Å². The predicted octanol–water partition coefficient (Wildman–Crippen LogP) is 1.55. The Kier molecular flexibility index (Phi) is 2.47. The molecule has 1 aromatic heterocycles. The summed E-state index contributed by atoms with van der Waals surface area (Å²) < 4.78 is 1.53. The Labute approximate surface area is 70.8 Å². The van der Waals surface area contributed by atoms with E-state index in [1.807, 2.05) is 13.8 Å². The van der Waals surface area contributed by atoms with Crippen molar-refractivity contribution >= 4 is 5.97 Å². The molecule has 4 heteroatoms. The molecule has 1 heterocycles. The Bertz CT molecular complexity index is 280. The van der Waals surface area contributed by atoms with Crippen LogP contribution in [0.3, 0.4) is 0 Å². The molecule has 4 nitrogen and oxygen atoms in total. The molecule has 0 saturated heterocycles. The first-order chi connectivity index (χ1) is 5.66. The van der Waals surface area contributed by atoms with Gasteiger partial charge in [-0.15, -0.1) is 0 Å². The van der Waals surface area contributed by atoms with Gasteiger partial charge in [0.05, 0.1) is 0 Å². The molecule has 0 spiro atoms. The molecule has 1 aromatic rings. The molecule has 0 bridgehead atoms. The molecule has 0 radical (unpaired) electrons. The van der Waals surface area contributed by atoms with Gasteiger partial charge in [-0.3, -0.25) is 4.68 Å². The Morgan fingerprint density at radius 2 is 2.50 bits per heavy atom. The normalized spacial score (nSPS) is 12.8. The molecule has 0 aromatic carbocycles. The van der Waals surface area contributed by atoms with Gasteiger partial charge in [-0.05, 0) is 19.4 Å². The van der Waals surface area contributed by atoms with Crippen LogP contribution in [0, 0.1) is 0 Å². The summed E-state index contributed by atoms with van der Waals surface area (Å²) in [5, 5.41) is 12.7. The molecule has 12 heavy (non-hydrogen) atoms. The van der Waals surface area contributed by atoms with Crippen molar-refractivity contribution in [1.29, 1.82) is 0 Å². The van der Waals surface area contributed by atoms with E-state index < -0.39 is 5.97 Å². The molecule has 66 valence electrons. The number of hydrogen-bond acceptors (Lipinski definition) is 2. The number of aromatic nitrogens is 2. The summed E-state index contributed by atoms with van der Waals surface area (Å²) in [7, 11) is 0. The van der Waals surface area contributed by atoms with Crippen molar-refractivity contribution in [2.24, 2.45) is 0 Å². The van der Waals surface area contributed by atoms with Crippen molar-refractivity contribution in [2.75, 3.05) is 0 Å². The fourth-order valence-electron chi connectivity index (χ4n) is 1.01. The molecule has 0 fully saturated rings. The Morgan fingerprint density at radius 3 is 3.00 bits per heavy atom. The van der Waals surface area contributed by atoms with Gasteiger partial charge in [-0.1, -0.05) is 6.92 Å². The number of carboxylic acid groups (broad SMARTS) is 1. The van der Waals surface area contributed by atoms with Gasteiger partial charge in [-0.25, -0.2) is 4.79 Å². The van der Waals surface area contributed by atoms with Crippen molar-refractivity contribution in [1.82, 2.24) is 9.78 Å². The number of nitrogens with zero attached hydrogens (tertiary/aromatic N) is 2. The van der Waals surface area contributed by atoms with Crippen LogP contribution in [0.15, 0.2) is 12.3 Å². The highest BCUT2D eigenvalue weighted by molar-refractivity contribution is 5.85. The van der Waals surface area contributed by atoms with Gasteiger partial charge >= 0.3 is 5.97 Å². The van der Waals surface area contributed by atoms with Crippen LogP contribution in [-0.4, -0.2) is 20.9 Å². The van der Waals surface area contributed by atoms with Crippen LogP contribution in [0.2, 0.25) is 0 Å². The second kappa shape index (κ2) is 3.38. The second-order valence-corrected chi connectivity index (χ2v) is 2.72. The van der Waals surface area contributed by atoms with Crippen molar-refractivity contribution in [3.05, 3.63) is 18.0 Å². The van der Waals surface area contributed by atoms with Crippen LogP contribution in [0.1, 0.15) is 36.8 Å². The highest BCUT2D eigenvalue weighted by Crippen LogP contribution is 2.11. The fraction of sp³-hybridized carbons (Fsp3) is 0.500. The molecule has 0 saturated carbocycles. The molecular weight excluding hydrogens is 156 g/mol. The van der Waals surface area contributed by atoms with E-state index >= 15 is 0 Å². The molecule has 1 N–H and O–H groups in total. The van der Waals surface area contributed by atoms with E-state index in [1.165, 1.54) is 16.9 Å². The zero-order valence-electron chi connectivity index (χ0n) is 7.19. The van der Waals surface area contributed by atoms with Crippen molar-refractivity contribution in [3.8, 4) is 0 Å². The molecule has 1 atom stereocenters.